The average molecular weight is 647 g/mol. The summed E-state index contributed by atoms with van der Waals surface area (Å²) < 4.78 is 33.0. The largest absolute Gasteiger partial charge is 0.485 e. The van der Waals surface area contributed by atoms with Crippen molar-refractivity contribution in [2.45, 2.75) is 43.9 Å². The number of ether oxygens (including phenoxy) is 1. The van der Waals surface area contributed by atoms with Gasteiger partial charge in [0.15, 0.2) is 17.6 Å². The third-order valence-corrected chi connectivity index (χ3v) is 9.51. The van der Waals surface area contributed by atoms with E-state index in [-0.39, 0.29) is 35.4 Å². The van der Waals surface area contributed by atoms with Crippen LogP contribution in [0.15, 0.2) is 66.2 Å². The van der Waals surface area contributed by atoms with Gasteiger partial charge in [-0.25, -0.2) is 8.78 Å². The number of nitrogens with two attached hydrogens (primary N) is 2. The number of halogens is 5. The van der Waals surface area contributed by atoms with E-state index in [2.05, 4.69) is 10.6 Å². The molecule has 1 saturated carbocycles. The van der Waals surface area contributed by atoms with Gasteiger partial charge in [-0.1, -0.05) is 77.3 Å². The number of carbonyl (C=O) groups is 1. The molecule has 224 valence electrons. The van der Waals surface area contributed by atoms with Gasteiger partial charge < -0.3 is 20.3 Å². The van der Waals surface area contributed by atoms with Crippen molar-refractivity contribution in [3.05, 3.63) is 110 Å². The van der Waals surface area contributed by atoms with Crippen LogP contribution in [0.25, 0.3) is 11.6 Å². The van der Waals surface area contributed by atoms with Crippen LogP contribution in [0.4, 0.5) is 8.78 Å². The van der Waals surface area contributed by atoms with Gasteiger partial charge in [0, 0.05) is 19.0 Å². The summed E-state index contributed by atoms with van der Waals surface area (Å²) in [5.41, 5.74) is 4.79. The molecule has 0 aromatic heterocycles. The van der Waals surface area contributed by atoms with E-state index >= 15 is 0 Å². The van der Waals surface area contributed by atoms with Gasteiger partial charge in [-0.2, -0.15) is 0 Å². The number of nitrogens with zero attached hydrogens (tertiary/aromatic N) is 1. The number of fused-ring (bicyclic) bond motifs is 2. The molecule has 2 fully saturated rings. The quantitative estimate of drug-likeness (QED) is 0.313. The van der Waals surface area contributed by atoms with E-state index in [1.807, 2.05) is 47.4 Å². The van der Waals surface area contributed by atoms with E-state index in [4.69, 9.17) is 39.5 Å². The fourth-order valence-corrected chi connectivity index (χ4v) is 6.60. The molecule has 43 heavy (non-hydrogen) atoms. The number of benzene rings is 3. The Kier molecular flexibility index (Phi) is 9.08. The minimum absolute atomic E-state index is 0.0228. The van der Waals surface area contributed by atoms with Gasteiger partial charge in [0.2, 0.25) is 0 Å². The van der Waals surface area contributed by atoms with Crippen LogP contribution in [0.1, 0.15) is 36.0 Å². The topological polar surface area (TPSA) is 62.8 Å². The first-order valence-electron chi connectivity index (χ1n) is 14.5. The number of rotatable bonds is 9. The molecule has 2 atom stereocenters. The summed E-state index contributed by atoms with van der Waals surface area (Å²) in [4.78, 5) is 16.4. The average Bonchev–Trinajstić information content (AvgIpc) is 3.85. The van der Waals surface area contributed by atoms with Crippen molar-refractivity contribution in [2.75, 3.05) is 19.7 Å². The molecule has 0 radical (unpaired) electrons. The number of quaternary nitrogens is 2. The van der Waals surface area contributed by atoms with Crippen molar-refractivity contribution in [1.29, 1.82) is 0 Å². The third-order valence-electron chi connectivity index (χ3n) is 8.30. The maximum atomic E-state index is 14.4. The van der Waals surface area contributed by atoms with Crippen molar-refractivity contribution in [2.24, 2.45) is 0 Å². The number of hydrogen-bond donors (Lipinski definition) is 2. The van der Waals surface area contributed by atoms with E-state index in [0.717, 1.165) is 72.3 Å². The van der Waals surface area contributed by atoms with Gasteiger partial charge in [-0.3, -0.25) is 4.79 Å². The van der Waals surface area contributed by atoms with Gasteiger partial charge in [-0.15, -0.1) is 0 Å². The SMILES string of the molecule is O=C(C1=C(c2ccc(/C=C\COc3c(F)ccc(F)c3Cl)cc2)C[C@@H]2C[NH2+]C[C@H]1[NH2+]2)N(Cc1cccc(Cl)c1Cl)C1CC1. The number of piperazine rings is 1. The van der Waals surface area contributed by atoms with Crippen LogP contribution in [0.5, 0.6) is 5.75 Å². The minimum Gasteiger partial charge on any atom is -0.485 e. The second-order valence-electron chi connectivity index (χ2n) is 11.3. The van der Waals surface area contributed by atoms with E-state index in [1.54, 1.807) is 12.1 Å². The molecule has 3 aliphatic rings. The standard InChI is InChI=1S/C33H30Cl3F2N3O2/c34-25-5-1-4-21(30(25)35)18-41(23-10-11-23)33(42)29-24(15-22-16-39-17-28(29)40-22)20-8-6-19(7-9-20)3-2-14-43-32-27(38)13-12-26(37)31(32)36/h1-9,12-13,22-23,28,39-40H,10-11,14-18H2/p+2/b3-2-/t22-,28-/m1/s1. The molecule has 3 aromatic carbocycles. The summed E-state index contributed by atoms with van der Waals surface area (Å²) >= 11 is 18.7. The molecular formula is C33H32Cl3F2N3O2+2. The molecule has 5 nitrogen and oxygen atoms in total. The third kappa shape index (κ3) is 6.61. The Bertz CT molecular complexity index is 1590. The van der Waals surface area contributed by atoms with Crippen LogP contribution in [-0.4, -0.2) is 48.6 Å². The van der Waals surface area contributed by atoms with Crippen LogP contribution >= 0.6 is 34.8 Å². The molecule has 2 aliphatic heterocycles. The first-order valence-corrected chi connectivity index (χ1v) is 15.6. The Labute approximate surface area is 264 Å². The van der Waals surface area contributed by atoms with Crippen LogP contribution < -0.4 is 15.4 Å². The lowest BCUT2D eigenvalue weighted by Gasteiger charge is -2.36. The molecule has 1 aliphatic carbocycles. The Hall–Kier alpha value is -2.94. The smallest absolute Gasteiger partial charge is 0.256 e. The highest BCUT2D eigenvalue weighted by Crippen LogP contribution is 2.36. The Balaban J connectivity index is 1.23. The van der Waals surface area contributed by atoms with Crippen LogP contribution in [0.3, 0.4) is 0 Å². The van der Waals surface area contributed by atoms with Crippen LogP contribution in [-0.2, 0) is 11.3 Å². The van der Waals surface area contributed by atoms with E-state index in [9.17, 15) is 13.6 Å². The molecule has 0 unspecified atom stereocenters. The summed E-state index contributed by atoms with van der Waals surface area (Å²) in [5.74, 6) is -1.68. The maximum absolute atomic E-state index is 14.4. The fourth-order valence-electron chi connectivity index (χ4n) is 6.01. The zero-order valence-corrected chi connectivity index (χ0v) is 25.6. The Morgan fingerprint density at radius 3 is 2.51 bits per heavy atom. The first-order chi connectivity index (χ1) is 20.8. The second kappa shape index (κ2) is 13.0. The van der Waals surface area contributed by atoms with Gasteiger partial charge >= 0.3 is 0 Å². The molecular weight excluding hydrogens is 615 g/mol. The molecule has 2 heterocycles. The van der Waals surface area contributed by atoms with Crippen molar-refractivity contribution in [1.82, 2.24) is 4.90 Å². The normalized spacial score (nSPS) is 20.0. The van der Waals surface area contributed by atoms with E-state index in [1.165, 1.54) is 0 Å². The highest BCUT2D eigenvalue weighted by Gasteiger charge is 2.44. The molecule has 1 amide bonds. The molecule has 3 aromatic rings. The predicted molar refractivity (Wildman–Crippen MR) is 165 cm³/mol. The van der Waals surface area contributed by atoms with Gasteiger partial charge in [0.05, 0.1) is 15.6 Å². The lowest BCUT2D eigenvalue weighted by molar-refractivity contribution is -0.829. The number of amides is 1. The molecule has 1 saturated heterocycles. The van der Waals surface area contributed by atoms with Gasteiger partial charge in [0.1, 0.15) is 36.6 Å². The highest BCUT2D eigenvalue weighted by atomic mass is 35.5. The summed E-state index contributed by atoms with van der Waals surface area (Å²) in [6, 6.07) is 16.3. The van der Waals surface area contributed by atoms with Crippen molar-refractivity contribution < 1.29 is 28.9 Å². The van der Waals surface area contributed by atoms with Crippen molar-refractivity contribution in [3.63, 3.8) is 0 Å². The zero-order valence-electron chi connectivity index (χ0n) is 23.3. The molecule has 6 rings (SSSR count). The highest BCUT2D eigenvalue weighted by molar-refractivity contribution is 6.42. The van der Waals surface area contributed by atoms with Gasteiger partial charge in [0.25, 0.3) is 5.91 Å². The number of carbonyl (C=O) groups excluding carboxylic acids is 1. The molecule has 0 spiro atoms. The van der Waals surface area contributed by atoms with Crippen molar-refractivity contribution in [3.8, 4) is 5.75 Å². The Morgan fingerprint density at radius 1 is 0.977 bits per heavy atom. The first kappa shape index (κ1) is 30.1. The van der Waals surface area contributed by atoms with Crippen LogP contribution in [0, 0.1) is 11.6 Å². The lowest BCUT2D eigenvalue weighted by atomic mass is 9.83. The second-order valence-corrected chi connectivity index (χ2v) is 12.5. The predicted octanol–water partition coefficient (Wildman–Crippen LogP) is 5.24. The lowest BCUT2D eigenvalue weighted by Crippen LogP contribution is -3.12. The van der Waals surface area contributed by atoms with E-state index < -0.39 is 11.6 Å². The monoisotopic (exact) mass is 645 g/mol. The van der Waals surface area contributed by atoms with Gasteiger partial charge in [-0.05, 0) is 59.4 Å². The summed E-state index contributed by atoms with van der Waals surface area (Å²) in [5, 5.41) is 5.28. The van der Waals surface area contributed by atoms with E-state index in [0.29, 0.717) is 22.6 Å². The summed E-state index contributed by atoms with van der Waals surface area (Å²) in [7, 11) is 0. The van der Waals surface area contributed by atoms with Crippen molar-refractivity contribution >= 4 is 52.4 Å². The summed E-state index contributed by atoms with van der Waals surface area (Å²) in [6.07, 6.45) is 6.34. The zero-order chi connectivity index (χ0) is 30.1. The Morgan fingerprint density at radius 2 is 1.74 bits per heavy atom. The molecule has 4 N–H and O–H groups in total. The fraction of sp³-hybridized carbons (Fsp3) is 0.303. The van der Waals surface area contributed by atoms with Crippen LogP contribution in [0.2, 0.25) is 15.1 Å². The maximum Gasteiger partial charge on any atom is 0.256 e. The number of hydrogen-bond acceptors (Lipinski definition) is 2. The molecule has 10 heteroatoms. The molecule has 2 bridgehead atoms. The summed E-state index contributed by atoms with van der Waals surface area (Å²) in [6.45, 7) is 2.32. The minimum atomic E-state index is -0.736.